The van der Waals surface area contributed by atoms with Gasteiger partial charge in [-0.1, -0.05) is 24.3 Å². The molecular weight excluding hydrogens is 454 g/mol. The molecular formula is C28H27N5O3. The topological polar surface area (TPSA) is 103 Å². The molecule has 1 atom stereocenters. The molecule has 182 valence electrons. The number of benzene rings is 2. The van der Waals surface area contributed by atoms with Crippen LogP contribution in [0, 0.1) is 0 Å². The number of rotatable bonds is 6. The molecule has 4 heterocycles. The number of nitrogens with zero attached hydrogens (tertiary/aromatic N) is 4. The molecule has 2 aromatic carbocycles. The number of nitrogens with two attached hydrogens (primary N) is 1. The van der Waals surface area contributed by atoms with Crippen LogP contribution >= 0.6 is 0 Å². The summed E-state index contributed by atoms with van der Waals surface area (Å²) in [5.41, 5.74) is 11.7. The summed E-state index contributed by atoms with van der Waals surface area (Å²) in [7, 11) is 0. The fraction of sp³-hybridized carbons (Fsp3) is 0.286. The van der Waals surface area contributed by atoms with E-state index in [0.717, 1.165) is 40.8 Å². The first-order chi connectivity index (χ1) is 17.6. The first-order valence-corrected chi connectivity index (χ1v) is 12.1. The van der Waals surface area contributed by atoms with Crippen LogP contribution in [-0.2, 0) is 29.2 Å². The molecule has 0 unspecified atom stereocenters. The van der Waals surface area contributed by atoms with Gasteiger partial charge in [0.15, 0.2) is 0 Å². The van der Waals surface area contributed by atoms with Gasteiger partial charge in [0.1, 0.15) is 11.6 Å². The van der Waals surface area contributed by atoms with Crippen molar-refractivity contribution in [2.24, 2.45) is 0 Å². The van der Waals surface area contributed by atoms with Crippen LogP contribution in [0.3, 0.4) is 0 Å². The average molecular weight is 482 g/mol. The number of fused-ring (bicyclic) bond motifs is 3. The van der Waals surface area contributed by atoms with E-state index in [0.29, 0.717) is 42.9 Å². The van der Waals surface area contributed by atoms with E-state index >= 15 is 0 Å². The van der Waals surface area contributed by atoms with Gasteiger partial charge in [-0.05, 0) is 47.9 Å². The Bertz CT molecular complexity index is 1420. The fourth-order valence-electron chi connectivity index (χ4n) is 4.84. The van der Waals surface area contributed by atoms with Gasteiger partial charge in [-0.3, -0.25) is 4.79 Å². The highest BCUT2D eigenvalue weighted by Crippen LogP contribution is 2.32. The Hall–Kier alpha value is -3.88. The molecule has 2 aliphatic heterocycles. The van der Waals surface area contributed by atoms with Crippen molar-refractivity contribution in [2.45, 2.75) is 38.6 Å². The highest BCUT2D eigenvalue weighted by molar-refractivity contribution is 5.99. The van der Waals surface area contributed by atoms with Crippen molar-refractivity contribution in [1.29, 1.82) is 0 Å². The monoisotopic (exact) mass is 481 g/mol. The van der Waals surface area contributed by atoms with Crippen molar-refractivity contribution >= 4 is 22.6 Å². The van der Waals surface area contributed by atoms with Gasteiger partial charge in [-0.25, -0.2) is 15.0 Å². The highest BCUT2D eigenvalue weighted by atomic mass is 16.5. The van der Waals surface area contributed by atoms with Gasteiger partial charge < -0.3 is 20.1 Å². The van der Waals surface area contributed by atoms with Crippen molar-refractivity contribution in [3.63, 3.8) is 0 Å². The smallest absolute Gasteiger partial charge is 0.254 e. The van der Waals surface area contributed by atoms with E-state index in [1.165, 1.54) is 5.56 Å². The molecule has 0 saturated carbocycles. The maximum atomic E-state index is 14.0. The Morgan fingerprint density at radius 1 is 1.06 bits per heavy atom. The molecule has 0 aliphatic carbocycles. The molecule has 2 aromatic heterocycles. The Morgan fingerprint density at radius 2 is 1.81 bits per heavy atom. The standard InChI is InChI=1S/C28H27N5O3/c1-17(27-30-9-2-10-31-27)33(12-18-3-5-19(6-4-18)21-13-35-14-21)28(34)20-7-8-25-22(11-20)23-15-36-16-24(23)26(29)32-25/h2-11,17,21H,12-16H2,1H3,(H2,29,32)/t17-/m1/s1. The molecule has 8 heteroatoms. The third-order valence-corrected chi connectivity index (χ3v) is 7.11. The lowest BCUT2D eigenvalue weighted by molar-refractivity contribution is 0.00841. The zero-order valence-corrected chi connectivity index (χ0v) is 20.1. The second-order valence-electron chi connectivity index (χ2n) is 9.37. The second kappa shape index (κ2) is 9.29. The van der Waals surface area contributed by atoms with E-state index in [4.69, 9.17) is 15.2 Å². The number of nitrogen functional groups attached to an aromatic ring is 1. The van der Waals surface area contributed by atoms with E-state index in [9.17, 15) is 4.79 Å². The van der Waals surface area contributed by atoms with Crippen molar-refractivity contribution in [3.8, 4) is 0 Å². The number of hydrogen-bond donors (Lipinski definition) is 1. The van der Waals surface area contributed by atoms with Crippen LogP contribution in [0.15, 0.2) is 60.9 Å². The van der Waals surface area contributed by atoms with E-state index in [1.807, 2.05) is 30.0 Å². The van der Waals surface area contributed by atoms with Gasteiger partial charge in [-0.15, -0.1) is 0 Å². The summed E-state index contributed by atoms with van der Waals surface area (Å²) in [6.07, 6.45) is 3.40. The average Bonchev–Trinajstić information content (AvgIpc) is 3.38. The molecule has 1 fully saturated rings. The van der Waals surface area contributed by atoms with Crippen molar-refractivity contribution in [3.05, 3.63) is 94.6 Å². The van der Waals surface area contributed by atoms with Crippen LogP contribution < -0.4 is 5.73 Å². The van der Waals surface area contributed by atoms with Gasteiger partial charge in [0.05, 0.1) is 38.0 Å². The molecule has 4 aromatic rings. The van der Waals surface area contributed by atoms with Crippen LogP contribution in [0.4, 0.5) is 5.82 Å². The molecule has 2 aliphatic rings. The lowest BCUT2D eigenvalue weighted by Gasteiger charge is -2.29. The molecule has 1 amide bonds. The van der Waals surface area contributed by atoms with Crippen LogP contribution in [-0.4, -0.2) is 39.0 Å². The largest absolute Gasteiger partial charge is 0.383 e. The molecule has 36 heavy (non-hydrogen) atoms. The summed E-state index contributed by atoms with van der Waals surface area (Å²) in [6, 6.07) is 15.5. The van der Waals surface area contributed by atoms with Crippen molar-refractivity contribution in [1.82, 2.24) is 19.9 Å². The quantitative estimate of drug-likeness (QED) is 0.441. The number of carbonyl (C=O) groups is 1. The van der Waals surface area contributed by atoms with Crippen LogP contribution in [0.5, 0.6) is 0 Å². The maximum Gasteiger partial charge on any atom is 0.254 e. The van der Waals surface area contributed by atoms with E-state index in [1.54, 1.807) is 18.5 Å². The van der Waals surface area contributed by atoms with Gasteiger partial charge in [0, 0.05) is 41.4 Å². The first kappa shape index (κ1) is 22.6. The summed E-state index contributed by atoms with van der Waals surface area (Å²) in [5, 5.41) is 0.901. The second-order valence-corrected chi connectivity index (χ2v) is 9.37. The number of ether oxygens (including phenoxy) is 2. The SMILES string of the molecule is C[C@H](c1ncccn1)N(Cc1ccc(C2COC2)cc1)C(=O)c1ccc2nc(N)c3c(c2c1)COC3. The summed E-state index contributed by atoms with van der Waals surface area (Å²) >= 11 is 0. The maximum absolute atomic E-state index is 14.0. The number of amides is 1. The predicted molar refractivity (Wildman–Crippen MR) is 135 cm³/mol. The normalized spacial score (nSPS) is 15.9. The lowest BCUT2D eigenvalue weighted by Crippen LogP contribution is -2.34. The number of anilines is 1. The minimum absolute atomic E-state index is 0.0992. The molecule has 8 nitrogen and oxygen atoms in total. The first-order valence-electron chi connectivity index (χ1n) is 12.1. The molecule has 1 saturated heterocycles. The zero-order valence-electron chi connectivity index (χ0n) is 20.1. The summed E-state index contributed by atoms with van der Waals surface area (Å²) in [4.78, 5) is 29.2. The number of hydrogen-bond acceptors (Lipinski definition) is 7. The van der Waals surface area contributed by atoms with Gasteiger partial charge >= 0.3 is 0 Å². The fourth-order valence-corrected chi connectivity index (χ4v) is 4.84. The Morgan fingerprint density at radius 3 is 2.53 bits per heavy atom. The van der Waals surface area contributed by atoms with E-state index in [2.05, 4.69) is 39.2 Å². The number of pyridine rings is 1. The summed E-state index contributed by atoms with van der Waals surface area (Å²) in [5.74, 6) is 1.44. The minimum Gasteiger partial charge on any atom is -0.383 e. The predicted octanol–water partition coefficient (Wildman–Crippen LogP) is 4.15. The molecule has 0 bridgehead atoms. The Balaban J connectivity index is 1.35. The minimum atomic E-state index is -0.326. The van der Waals surface area contributed by atoms with Gasteiger partial charge in [-0.2, -0.15) is 0 Å². The van der Waals surface area contributed by atoms with Gasteiger partial charge in [0.25, 0.3) is 5.91 Å². The summed E-state index contributed by atoms with van der Waals surface area (Å²) in [6.45, 7) is 4.83. The molecule has 0 spiro atoms. The van der Waals surface area contributed by atoms with E-state index in [-0.39, 0.29) is 11.9 Å². The van der Waals surface area contributed by atoms with Crippen LogP contribution in [0.25, 0.3) is 10.9 Å². The third kappa shape index (κ3) is 4.08. The van der Waals surface area contributed by atoms with E-state index < -0.39 is 0 Å². The van der Waals surface area contributed by atoms with Crippen molar-refractivity contribution in [2.75, 3.05) is 18.9 Å². The zero-order chi connectivity index (χ0) is 24.6. The molecule has 0 radical (unpaired) electrons. The number of carbonyl (C=O) groups excluding carboxylic acids is 1. The Labute approximate surface area is 209 Å². The lowest BCUT2D eigenvalue weighted by atomic mass is 9.96. The molecule has 2 N–H and O–H groups in total. The van der Waals surface area contributed by atoms with Crippen molar-refractivity contribution < 1.29 is 14.3 Å². The van der Waals surface area contributed by atoms with Crippen LogP contribution in [0.2, 0.25) is 0 Å². The number of aromatic nitrogens is 3. The highest BCUT2D eigenvalue weighted by Gasteiger charge is 2.27. The summed E-state index contributed by atoms with van der Waals surface area (Å²) < 4.78 is 10.9. The van der Waals surface area contributed by atoms with Gasteiger partial charge in [0.2, 0.25) is 0 Å². The van der Waals surface area contributed by atoms with Crippen LogP contribution in [0.1, 0.15) is 57.3 Å². The molecule has 6 rings (SSSR count). The third-order valence-electron chi connectivity index (χ3n) is 7.11. The Kier molecular flexibility index (Phi) is 5.83.